The number of fused-ring (bicyclic) bond motifs is 2. The topological polar surface area (TPSA) is 57.9 Å². The number of aryl methyl sites for hydroxylation is 2. The van der Waals surface area contributed by atoms with Crippen LogP contribution < -0.4 is 19.6 Å². The first-order valence-electron chi connectivity index (χ1n) is 12.0. The minimum atomic E-state index is -0.428. The van der Waals surface area contributed by atoms with Crippen molar-refractivity contribution in [1.82, 2.24) is 0 Å². The smallest absolute Gasteiger partial charge is 0.200 e. The maximum Gasteiger partial charge on any atom is 0.200 e. The third-order valence-corrected chi connectivity index (χ3v) is 6.59. The van der Waals surface area contributed by atoms with Crippen LogP contribution in [0.1, 0.15) is 36.7 Å². The van der Waals surface area contributed by atoms with Crippen LogP contribution in [0.25, 0.3) is 22.1 Å². The Hall–Kier alpha value is -3.51. The van der Waals surface area contributed by atoms with Crippen molar-refractivity contribution in [2.75, 3.05) is 13.2 Å². The van der Waals surface area contributed by atoms with Gasteiger partial charge in [0.25, 0.3) is 0 Å². The summed E-state index contributed by atoms with van der Waals surface area (Å²) in [7, 11) is 0. The molecule has 36 heavy (non-hydrogen) atoms. The summed E-state index contributed by atoms with van der Waals surface area (Å²) < 4.78 is 37.9. The molecule has 0 fully saturated rings. The summed E-state index contributed by atoms with van der Waals surface area (Å²) in [6, 6.07) is 13.6. The van der Waals surface area contributed by atoms with Gasteiger partial charge in [0.1, 0.15) is 29.5 Å². The molecule has 0 saturated carbocycles. The zero-order valence-corrected chi connectivity index (χ0v) is 20.9. The summed E-state index contributed by atoms with van der Waals surface area (Å²) in [5.41, 5.74) is 2.59. The minimum absolute atomic E-state index is 0.0355. The Balaban J connectivity index is 1.57. The van der Waals surface area contributed by atoms with Crippen LogP contribution in [0.2, 0.25) is 5.02 Å². The van der Waals surface area contributed by atoms with Crippen molar-refractivity contribution in [2.24, 2.45) is 0 Å². The number of ether oxygens (including phenoxy) is 3. The molecule has 7 heteroatoms. The van der Waals surface area contributed by atoms with E-state index in [4.69, 9.17) is 30.2 Å². The number of halogens is 2. The maximum atomic E-state index is 14.3. The van der Waals surface area contributed by atoms with Crippen LogP contribution in [-0.4, -0.2) is 13.2 Å². The molecule has 3 aromatic carbocycles. The fourth-order valence-corrected chi connectivity index (χ4v) is 4.67. The van der Waals surface area contributed by atoms with Crippen LogP contribution in [-0.2, 0) is 13.0 Å². The molecule has 1 aromatic heterocycles. The van der Waals surface area contributed by atoms with Crippen molar-refractivity contribution in [3.05, 3.63) is 86.5 Å². The average Bonchev–Trinajstić information content (AvgIpc) is 3.10. The quantitative estimate of drug-likeness (QED) is 0.274. The van der Waals surface area contributed by atoms with Crippen LogP contribution in [0, 0.1) is 12.7 Å². The molecule has 0 spiro atoms. The Kier molecular flexibility index (Phi) is 6.88. The van der Waals surface area contributed by atoms with Crippen molar-refractivity contribution >= 4 is 22.6 Å². The van der Waals surface area contributed by atoms with E-state index in [0.29, 0.717) is 69.8 Å². The molecule has 0 unspecified atom stereocenters. The number of rotatable bonds is 6. The van der Waals surface area contributed by atoms with Gasteiger partial charge in [0.05, 0.1) is 29.2 Å². The fraction of sp³-hybridized carbons (Fsp3) is 0.276. The van der Waals surface area contributed by atoms with Gasteiger partial charge in [-0.15, -0.1) is 0 Å². The first-order chi connectivity index (χ1) is 17.5. The maximum absolute atomic E-state index is 14.3. The van der Waals surface area contributed by atoms with Crippen molar-refractivity contribution in [1.29, 1.82) is 0 Å². The lowest BCUT2D eigenvalue weighted by molar-refractivity contribution is 0.296. The number of benzene rings is 3. The SMILES string of the molecule is CCCc1cc2c(=O)c(-c3ccc4c(c3)OCCCO4)c(C)oc2cc1OCc1c(F)cccc1Cl. The van der Waals surface area contributed by atoms with Crippen molar-refractivity contribution < 1.29 is 23.0 Å². The summed E-state index contributed by atoms with van der Waals surface area (Å²) in [6.45, 7) is 4.92. The van der Waals surface area contributed by atoms with Gasteiger partial charge >= 0.3 is 0 Å². The van der Waals surface area contributed by atoms with E-state index < -0.39 is 5.82 Å². The zero-order valence-electron chi connectivity index (χ0n) is 20.2. The molecule has 186 valence electrons. The highest BCUT2D eigenvalue weighted by Crippen LogP contribution is 2.36. The molecule has 0 N–H and O–H groups in total. The lowest BCUT2D eigenvalue weighted by Crippen LogP contribution is -2.09. The fourth-order valence-electron chi connectivity index (χ4n) is 4.45. The molecule has 5 nitrogen and oxygen atoms in total. The predicted molar refractivity (Wildman–Crippen MR) is 138 cm³/mol. The van der Waals surface area contributed by atoms with Gasteiger partial charge in [0, 0.05) is 18.1 Å². The van der Waals surface area contributed by atoms with E-state index in [0.717, 1.165) is 18.4 Å². The summed E-state index contributed by atoms with van der Waals surface area (Å²) in [4.78, 5) is 13.7. The van der Waals surface area contributed by atoms with E-state index in [1.165, 1.54) is 6.07 Å². The molecular weight excluding hydrogens is 483 g/mol. The Labute approximate surface area is 213 Å². The second-order valence-corrected chi connectivity index (χ2v) is 9.18. The summed E-state index contributed by atoms with van der Waals surface area (Å²) >= 11 is 6.17. The molecule has 0 bridgehead atoms. The van der Waals surface area contributed by atoms with E-state index in [-0.39, 0.29) is 17.6 Å². The van der Waals surface area contributed by atoms with Gasteiger partial charge in [-0.25, -0.2) is 4.39 Å². The Morgan fingerprint density at radius 2 is 1.86 bits per heavy atom. The number of hydrogen-bond acceptors (Lipinski definition) is 5. The van der Waals surface area contributed by atoms with E-state index in [2.05, 4.69) is 0 Å². The van der Waals surface area contributed by atoms with E-state index in [1.54, 1.807) is 25.1 Å². The monoisotopic (exact) mass is 508 g/mol. The van der Waals surface area contributed by atoms with Gasteiger partial charge < -0.3 is 18.6 Å². The first-order valence-corrected chi connectivity index (χ1v) is 12.4. The standard InChI is InChI=1S/C29H26ClFO5/c1-3-6-18-13-20-26(15-25(18)35-16-21-22(30)7-4-8-23(21)31)36-17(2)28(29(20)32)19-9-10-24-27(14-19)34-12-5-11-33-24/h4,7-10,13-15H,3,5-6,11-12,16H2,1-2H3. The molecule has 0 radical (unpaired) electrons. The summed E-state index contributed by atoms with van der Waals surface area (Å²) in [5, 5.41) is 0.761. The lowest BCUT2D eigenvalue weighted by Gasteiger charge is -2.15. The molecule has 4 aromatic rings. The second kappa shape index (κ2) is 10.2. The van der Waals surface area contributed by atoms with Crippen LogP contribution in [0.15, 0.2) is 57.7 Å². The van der Waals surface area contributed by atoms with Gasteiger partial charge in [0.15, 0.2) is 11.5 Å². The molecule has 5 rings (SSSR count). The lowest BCUT2D eigenvalue weighted by atomic mass is 10.00. The molecule has 0 saturated heterocycles. The highest BCUT2D eigenvalue weighted by molar-refractivity contribution is 6.31. The van der Waals surface area contributed by atoms with Crippen LogP contribution in [0.4, 0.5) is 4.39 Å². The third-order valence-electron chi connectivity index (χ3n) is 6.24. The largest absolute Gasteiger partial charge is 0.490 e. The van der Waals surface area contributed by atoms with Crippen molar-refractivity contribution in [2.45, 2.75) is 39.7 Å². The van der Waals surface area contributed by atoms with Gasteiger partial charge in [0.2, 0.25) is 5.43 Å². The van der Waals surface area contributed by atoms with Crippen LogP contribution >= 0.6 is 11.6 Å². The van der Waals surface area contributed by atoms with Gasteiger partial charge in [-0.3, -0.25) is 4.79 Å². The summed E-state index contributed by atoms with van der Waals surface area (Å²) in [5.74, 6) is 1.87. The Morgan fingerprint density at radius 1 is 1.06 bits per heavy atom. The molecule has 0 atom stereocenters. The van der Waals surface area contributed by atoms with Crippen LogP contribution in [0.3, 0.4) is 0 Å². The highest BCUT2D eigenvalue weighted by Gasteiger charge is 2.19. The van der Waals surface area contributed by atoms with E-state index >= 15 is 0 Å². The van der Waals surface area contributed by atoms with Crippen molar-refractivity contribution in [3.8, 4) is 28.4 Å². The normalized spacial score (nSPS) is 13.0. The second-order valence-electron chi connectivity index (χ2n) is 8.77. The zero-order chi connectivity index (χ0) is 25.2. The van der Waals surface area contributed by atoms with Gasteiger partial charge in [-0.05, 0) is 54.8 Å². The summed E-state index contributed by atoms with van der Waals surface area (Å²) in [6.07, 6.45) is 2.33. The Morgan fingerprint density at radius 3 is 2.64 bits per heavy atom. The highest BCUT2D eigenvalue weighted by atomic mass is 35.5. The average molecular weight is 509 g/mol. The molecule has 2 heterocycles. The van der Waals surface area contributed by atoms with Crippen molar-refractivity contribution in [3.63, 3.8) is 0 Å². The van der Waals surface area contributed by atoms with E-state index in [9.17, 15) is 9.18 Å². The van der Waals surface area contributed by atoms with Crippen LogP contribution in [0.5, 0.6) is 17.2 Å². The van der Waals surface area contributed by atoms with Gasteiger partial charge in [-0.2, -0.15) is 0 Å². The van der Waals surface area contributed by atoms with E-state index in [1.807, 2.05) is 31.2 Å². The predicted octanol–water partition coefficient (Wildman–Crippen LogP) is 7.25. The molecular formula is C29H26ClFO5. The third kappa shape index (κ3) is 4.65. The molecule has 1 aliphatic heterocycles. The Bertz CT molecular complexity index is 1470. The molecule has 1 aliphatic rings. The molecule has 0 aliphatic carbocycles. The number of hydrogen-bond donors (Lipinski definition) is 0. The minimum Gasteiger partial charge on any atom is -0.490 e. The first kappa shape index (κ1) is 24.2. The molecule has 0 amide bonds. The van der Waals surface area contributed by atoms with Gasteiger partial charge in [-0.1, -0.05) is 37.1 Å².